The lowest BCUT2D eigenvalue weighted by atomic mass is 10.2. The van der Waals surface area contributed by atoms with Crippen molar-refractivity contribution in [1.82, 2.24) is 4.98 Å². The Kier molecular flexibility index (Phi) is 7.91. The molecule has 0 saturated heterocycles. The third-order valence-corrected chi connectivity index (χ3v) is 7.37. The zero-order valence-corrected chi connectivity index (χ0v) is 20.9. The number of unbranched alkanes of at least 4 members (excludes halogenated alkanes) is 1. The number of hydrogen-bond acceptors (Lipinski definition) is 8. The third kappa shape index (κ3) is 6.09. The molecular weight excluding hydrogens is 448 g/mol. The zero-order chi connectivity index (χ0) is 23.0. The van der Waals surface area contributed by atoms with Gasteiger partial charge in [-0.05, 0) is 81.3 Å². The smallest absolute Gasteiger partial charge is 0.231 e. The van der Waals surface area contributed by atoms with Crippen LogP contribution in [0.4, 0.5) is 27.9 Å². The molecule has 4 rings (SSSR count). The van der Waals surface area contributed by atoms with Crippen molar-refractivity contribution in [2.75, 3.05) is 18.0 Å². The van der Waals surface area contributed by atoms with Crippen LogP contribution in [0.1, 0.15) is 38.5 Å². The summed E-state index contributed by atoms with van der Waals surface area (Å²) in [6, 6.07) is 17.9. The molecule has 0 atom stereocenters. The van der Waals surface area contributed by atoms with Crippen molar-refractivity contribution < 1.29 is 0 Å². The maximum absolute atomic E-state index is 4.60. The van der Waals surface area contributed by atoms with Crippen LogP contribution in [0.2, 0.25) is 0 Å². The van der Waals surface area contributed by atoms with Crippen LogP contribution in [0.5, 0.6) is 0 Å². The zero-order valence-electron chi connectivity index (χ0n) is 19.2. The number of thiophene rings is 1. The molecule has 0 amide bonds. The summed E-state index contributed by atoms with van der Waals surface area (Å²) in [6.07, 6.45) is 3.56. The molecule has 0 bridgehead atoms. The van der Waals surface area contributed by atoms with Gasteiger partial charge in [0.05, 0.1) is 21.8 Å². The molecule has 2 heterocycles. The monoisotopic (exact) mass is 476 g/mol. The SMILES string of the molecule is CCCCc1cc2sc(/N=N/c3ccc(/N=N/c4ccc(N(CC)CC)cc4)cc3)nc2s1. The first-order valence-corrected chi connectivity index (χ1v) is 13.0. The first kappa shape index (κ1) is 23.2. The van der Waals surface area contributed by atoms with Gasteiger partial charge in [-0.25, -0.2) is 4.98 Å². The molecule has 0 aliphatic carbocycles. The number of nitrogens with zero attached hydrogens (tertiary/aromatic N) is 6. The van der Waals surface area contributed by atoms with Gasteiger partial charge in [0.1, 0.15) is 4.83 Å². The van der Waals surface area contributed by atoms with E-state index in [2.05, 4.69) is 69.3 Å². The van der Waals surface area contributed by atoms with E-state index in [-0.39, 0.29) is 0 Å². The molecule has 0 radical (unpaired) electrons. The van der Waals surface area contributed by atoms with Crippen LogP contribution in [0, 0.1) is 0 Å². The molecule has 33 heavy (non-hydrogen) atoms. The number of fused-ring (bicyclic) bond motifs is 1. The largest absolute Gasteiger partial charge is 0.372 e. The van der Waals surface area contributed by atoms with Gasteiger partial charge >= 0.3 is 0 Å². The molecule has 0 spiro atoms. The van der Waals surface area contributed by atoms with Gasteiger partial charge in [0.15, 0.2) is 0 Å². The molecule has 0 N–H and O–H groups in total. The van der Waals surface area contributed by atoms with Crippen LogP contribution < -0.4 is 4.90 Å². The van der Waals surface area contributed by atoms with E-state index in [1.807, 2.05) is 36.4 Å². The summed E-state index contributed by atoms with van der Waals surface area (Å²) >= 11 is 3.35. The Morgan fingerprint density at radius 1 is 0.758 bits per heavy atom. The normalized spacial score (nSPS) is 11.8. The van der Waals surface area contributed by atoms with E-state index in [0.29, 0.717) is 5.13 Å². The van der Waals surface area contributed by atoms with Crippen molar-refractivity contribution in [2.24, 2.45) is 20.5 Å². The highest BCUT2D eigenvalue weighted by atomic mass is 32.1. The first-order valence-electron chi connectivity index (χ1n) is 11.4. The number of aryl methyl sites for hydroxylation is 1. The summed E-state index contributed by atoms with van der Waals surface area (Å²) in [6.45, 7) is 8.51. The fraction of sp³-hybridized carbons (Fsp3) is 0.320. The quantitative estimate of drug-likeness (QED) is 0.214. The fourth-order valence-electron chi connectivity index (χ4n) is 3.41. The van der Waals surface area contributed by atoms with Gasteiger partial charge in [0.25, 0.3) is 0 Å². The maximum atomic E-state index is 4.60. The minimum atomic E-state index is 0.690. The van der Waals surface area contributed by atoms with Crippen LogP contribution in [0.3, 0.4) is 0 Å². The van der Waals surface area contributed by atoms with Gasteiger partial charge in [-0.15, -0.1) is 21.6 Å². The highest BCUT2D eigenvalue weighted by molar-refractivity contribution is 7.28. The average molecular weight is 477 g/mol. The third-order valence-electron chi connectivity index (χ3n) is 5.27. The lowest BCUT2D eigenvalue weighted by molar-refractivity contribution is 0.804. The second-order valence-corrected chi connectivity index (χ2v) is 9.71. The number of benzene rings is 2. The minimum Gasteiger partial charge on any atom is -0.372 e. The Labute approximate surface area is 202 Å². The number of hydrogen-bond donors (Lipinski definition) is 0. The van der Waals surface area contributed by atoms with E-state index in [0.717, 1.165) is 41.4 Å². The summed E-state index contributed by atoms with van der Waals surface area (Å²) < 4.78 is 1.20. The van der Waals surface area contributed by atoms with Crippen molar-refractivity contribution in [3.8, 4) is 0 Å². The standard InChI is InChI=1S/C25H28N6S2/c1-4-7-8-22-17-23-24(32-22)26-25(33-23)30-29-19-11-9-18(10-12-19)27-28-20-13-15-21(16-14-20)31(5-2)6-3/h9-17H,4-8H2,1-3H3/b28-27+,30-29+. The van der Waals surface area contributed by atoms with Crippen LogP contribution in [0.25, 0.3) is 9.53 Å². The lowest BCUT2D eigenvalue weighted by Crippen LogP contribution is -2.21. The van der Waals surface area contributed by atoms with Crippen molar-refractivity contribution in [2.45, 2.75) is 40.0 Å². The highest BCUT2D eigenvalue weighted by Crippen LogP contribution is 2.35. The van der Waals surface area contributed by atoms with Gasteiger partial charge < -0.3 is 4.90 Å². The molecule has 0 aliphatic heterocycles. The number of anilines is 1. The molecule has 6 nitrogen and oxygen atoms in total. The summed E-state index contributed by atoms with van der Waals surface area (Å²) in [4.78, 5) is 9.36. The Balaban J connectivity index is 1.36. The fourth-order valence-corrected chi connectivity index (χ4v) is 5.50. The van der Waals surface area contributed by atoms with Crippen LogP contribution >= 0.6 is 22.7 Å². The van der Waals surface area contributed by atoms with Crippen LogP contribution in [-0.2, 0) is 6.42 Å². The van der Waals surface area contributed by atoms with Crippen molar-refractivity contribution in [3.63, 3.8) is 0 Å². The molecule has 170 valence electrons. The van der Waals surface area contributed by atoms with Crippen LogP contribution in [0.15, 0.2) is 75.1 Å². The Hall–Kier alpha value is -2.97. The molecule has 0 saturated carbocycles. The Morgan fingerprint density at radius 2 is 1.33 bits per heavy atom. The van der Waals surface area contributed by atoms with Crippen molar-refractivity contribution in [1.29, 1.82) is 0 Å². The molecular formula is C25H28N6S2. The minimum absolute atomic E-state index is 0.690. The van der Waals surface area contributed by atoms with Gasteiger partial charge in [0, 0.05) is 23.7 Å². The second kappa shape index (κ2) is 11.2. The second-order valence-electron chi connectivity index (χ2n) is 7.59. The van der Waals surface area contributed by atoms with E-state index in [9.17, 15) is 0 Å². The Morgan fingerprint density at radius 3 is 1.88 bits per heavy atom. The van der Waals surface area contributed by atoms with E-state index >= 15 is 0 Å². The van der Waals surface area contributed by atoms with Gasteiger partial charge in [-0.1, -0.05) is 24.7 Å². The van der Waals surface area contributed by atoms with E-state index in [1.54, 1.807) is 22.7 Å². The van der Waals surface area contributed by atoms with E-state index in [1.165, 1.54) is 28.1 Å². The Bertz CT molecular complexity index is 1190. The van der Waals surface area contributed by atoms with Gasteiger partial charge in [0.2, 0.25) is 5.13 Å². The number of azo groups is 2. The molecule has 2 aromatic carbocycles. The number of aromatic nitrogens is 1. The van der Waals surface area contributed by atoms with Gasteiger partial charge in [-0.3, -0.25) is 0 Å². The summed E-state index contributed by atoms with van der Waals surface area (Å²) in [5.74, 6) is 0. The van der Waals surface area contributed by atoms with Crippen molar-refractivity contribution in [3.05, 3.63) is 59.5 Å². The molecule has 0 aliphatic rings. The summed E-state index contributed by atoms with van der Waals surface area (Å²) in [5, 5.41) is 18.0. The molecule has 0 unspecified atom stereocenters. The summed E-state index contributed by atoms with van der Waals surface area (Å²) in [7, 11) is 0. The van der Waals surface area contributed by atoms with Crippen molar-refractivity contribution >= 4 is 60.1 Å². The molecule has 8 heteroatoms. The lowest BCUT2D eigenvalue weighted by Gasteiger charge is -2.20. The number of rotatable bonds is 10. The highest BCUT2D eigenvalue weighted by Gasteiger charge is 2.08. The first-order chi connectivity index (χ1) is 16.2. The average Bonchev–Trinajstić information content (AvgIpc) is 3.41. The number of thiazole rings is 1. The molecule has 0 fully saturated rings. The topological polar surface area (TPSA) is 65.6 Å². The predicted molar refractivity (Wildman–Crippen MR) is 141 cm³/mol. The van der Waals surface area contributed by atoms with Crippen LogP contribution in [-0.4, -0.2) is 18.1 Å². The molecule has 4 aromatic rings. The van der Waals surface area contributed by atoms with E-state index < -0.39 is 0 Å². The predicted octanol–water partition coefficient (Wildman–Crippen LogP) is 9.38. The maximum Gasteiger partial charge on any atom is 0.231 e. The molecule has 2 aromatic heterocycles. The van der Waals surface area contributed by atoms with E-state index in [4.69, 9.17) is 0 Å². The van der Waals surface area contributed by atoms with Gasteiger partial charge in [-0.2, -0.15) is 10.2 Å². The summed E-state index contributed by atoms with van der Waals surface area (Å²) in [5.41, 5.74) is 3.57.